The number of carbonyl (C=O) groups excluding carboxylic acids is 1. The van der Waals surface area contributed by atoms with Crippen LogP contribution in [0.3, 0.4) is 0 Å². The van der Waals surface area contributed by atoms with Crippen LogP contribution in [0.1, 0.15) is 16.1 Å². The van der Waals surface area contributed by atoms with E-state index in [1.165, 1.54) is 15.7 Å². The van der Waals surface area contributed by atoms with Gasteiger partial charge in [-0.2, -0.15) is 14.9 Å². The van der Waals surface area contributed by atoms with Crippen LogP contribution in [0.25, 0.3) is 0 Å². The number of nitrogens with zero attached hydrogens (tertiary/aromatic N) is 10. The smallest absolute Gasteiger partial charge is 0.390 e. The molecule has 0 aliphatic carbocycles. The molecule has 1 fully saturated rings. The summed E-state index contributed by atoms with van der Waals surface area (Å²) in [6, 6.07) is 1.63. The maximum atomic E-state index is 12.7. The molecule has 1 aliphatic heterocycles. The molecule has 1 aliphatic rings. The summed E-state index contributed by atoms with van der Waals surface area (Å²) in [6.45, 7) is 3.76. The van der Waals surface area contributed by atoms with Gasteiger partial charge in [-0.25, -0.2) is 4.68 Å². The molecule has 152 valence electrons. The van der Waals surface area contributed by atoms with Gasteiger partial charge in [0.1, 0.15) is 5.69 Å². The Morgan fingerprint density at radius 1 is 1.21 bits per heavy atom. The first-order valence-corrected chi connectivity index (χ1v) is 9.04. The Balaban J connectivity index is 1.31. The van der Waals surface area contributed by atoms with Crippen molar-refractivity contribution in [3.05, 3.63) is 52.4 Å². The van der Waals surface area contributed by atoms with Crippen molar-refractivity contribution < 1.29 is 9.72 Å². The van der Waals surface area contributed by atoms with Crippen molar-refractivity contribution in [1.29, 1.82) is 0 Å². The van der Waals surface area contributed by atoms with Gasteiger partial charge in [0.05, 0.1) is 6.20 Å². The van der Waals surface area contributed by atoms with E-state index in [1.54, 1.807) is 21.8 Å². The molecule has 0 saturated carbocycles. The molecule has 0 aromatic carbocycles. The van der Waals surface area contributed by atoms with Crippen LogP contribution in [-0.2, 0) is 20.3 Å². The summed E-state index contributed by atoms with van der Waals surface area (Å²) < 4.78 is 4.56. The predicted octanol–water partition coefficient (Wildman–Crippen LogP) is -0.420. The van der Waals surface area contributed by atoms with Gasteiger partial charge in [0.15, 0.2) is 6.67 Å². The molecule has 1 saturated heterocycles. The molecule has 0 radical (unpaired) electrons. The molecule has 13 heteroatoms. The van der Waals surface area contributed by atoms with Gasteiger partial charge in [-0.3, -0.25) is 14.4 Å². The second kappa shape index (κ2) is 7.79. The lowest BCUT2D eigenvalue weighted by Crippen LogP contribution is -2.48. The predicted molar refractivity (Wildman–Crippen MR) is 98.7 cm³/mol. The van der Waals surface area contributed by atoms with Crippen LogP contribution >= 0.6 is 0 Å². The number of piperazine rings is 1. The Hall–Kier alpha value is -3.61. The Kier molecular flexibility index (Phi) is 5.03. The number of hydrogen-bond acceptors (Lipinski definition) is 8. The number of aromatic nitrogens is 7. The molecule has 4 heterocycles. The van der Waals surface area contributed by atoms with Gasteiger partial charge in [-0.1, -0.05) is 4.98 Å². The summed E-state index contributed by atoms with van der Waals surface area (Å²) in [5.74, 6) is -0.605. The van der Waals surface area contributed by atoms with E-state index in [9.17, 15) is 14.9 Å². The third-order valence-electron chi connectivity index (χ3n) is 4.66. The van der Waals surface area contributed by atoms with Gasteiger partial charge < -0.3 is 15.0 Å². The van der Waals surface area contributed by atoms with Gasteiger partial charge in [0.2, 0.25) is 6.33 Å². The van der Waals surface area contributed by atoms with Crippen molar-refractivity contribution in [1.82, 2.24) is 44.1 Å². The first kappa shape index (κ1) is 18.7. The second-order valence-corrected chi connectivity index (χ2v) is 6.81. The van der Waals surface area contributed by atoms with Crippen LogP contribution < -0.4 is 0 Å². The van der Waals surface area contributed by atoms with Crippen molar-refractivity contribution in [2.45, 2.75) is 13.2 Å². The molecule has 13 nitrogen and oxygen atoms in total. The molecule has 0 atom stereocenters. The number of hydrogen-bond donors (Lipinski definition) is 0. The highest BCUT2D eigenvalue weighted by Gasteiger charge is 2.24. The molecule has 29 heavy (non-hydrogen) atoms. The highest BCUT2D eigenvalue weighted by atomic mass is 16.6. The van der Waals surface area contributed by atoms with E-state index in [2.05, 4.69) is 25.2 Å². The lowest BCUT2D eigenvalue weighted by atomic mass is 10.2. The van der Waals surface area contributed by atoms with E-state index in [4.69, 9.17) is 0 Å². The van der Waals surface area contributed by atoms with E-state index in [1.807, 2.05) is 19.4 Å². The zero-order valence-corrected chi connectivity index (χ0v) is 15.8. The fourth-order valence-electron chi connectivity index (χ4n) is 3.22. The molecule has 3 aromatic rings. The van der Waals surface area contributed by atoms with Crippen LogP contribution in [0.4, 0.5) is 5.95 Å². The fourth-order valence-corrected chi connectivity index (χ4v) is 3.22. The van der Waals surface area contributed by atoms with E-state index >= 15 is 0 Å². The van der Waals surface area contributed by atoms with E-state index in [0.29, 0.717) is 18.8 Å². The van der Waals surface area contributed by atoms with E-state index < -0.39 is 10.9 Å². The second-order valence-electron chi connectivity index (χ2n) is 6.81. The lowest BCUT2D eigenvalue weighted by Gasteiger charge is -2.34. The number of aryl methyl sites for hydroxylation is 1. The largest absolute Gasteiger partial charge is 0.491 e. The van der Waals surface area contributed by atoms with Crippen molar-refractivity contribution in [2.24, 2.45) is 7.05 Å². The molecule has 0 spiro atoms. The quantitative estimate of drug-likeness (QED) is 0.402. The van der Waals surface area contributed by atoms with Crippen molar-refractivity contribution in [3.63, 3.8) is 0 Å². The Morgan fingerprint density at radius 2 is 2.00 bits per heavy atom. The van der Waals surface area contributed by atoms with Crippen molar-refractivity contribution >= 4 is 11.9 Å². The molecule has 0 N–H and O–H groups in total. The minimum Gasteiger partial charge on any atom is -0.390 e. The lowest BCUT2D eigenvalue weighted by molar-refractivity contribution is -0.394. The zero-order chi connectivity index (χ0) is 20.4. The molecule has 3 aromatic heterocycles. The van der Waals surface area contributed by atoms with Gasteiger partial charge in [-0.15, -0.1) is 0 Å². The van der Waals surface area contributed by atoms with Crippen LogP contribution in [0.2, 0.25) is 0 Å². The number of carbonyl (C=O) groups is 1. The van der Waals surface area contributed by atoms with Crippen molar-refractivity contribution in [3.8, 4) is 0 Å². The summed E-state index contributed by atoms with van der Waals surface area (Å²) in [6.07, 6.45) is 6.74. The molecular weight excluding hydrogens is 380 g/mol. The van der Waals surface area contributed by atoms with Gasteiger partial charge in [0.25, 0.3) is 5.91 Å². The number of rotatable bonds is 6. The molecule has 4 rings (SSSR count). The highest BCUT2D eigenvalue weighted by molar-refractivity contribution is 5.92. The average molecular weight is 400 g/mol. The minimum atomic E-state index is -0.664. The van der Waals surface area contributed by atoms with E-state index in [0.717, 1.165) is 25.2 Å². The van der Waals surface area contributed by atoms with Crippen molar-refractivity contribution in [2.75, 3.05) is 26.2 Å². The normalized spacial score (nSPS) is 15.0. The topological polar surface area (TPSA) is 133 Å². The monoisotopic (exact) mass is 400 g/mol. The third-order valence-corrected chi connectivity index (χ3v) is 4.66. The van der Waals surface area contributed by atoms with Crippen LogP contribution in [-0.4, -0.2) is 81.1 Å². The molecule has 0 unspecified atom stereocenters. The molecule has 1 amide bonds. The highest BCUT2D eigenvalue weighted by Crippen LogP contribution is 2.11. The zero-order valence-electron chi connectivity index (χ0n) is 15.8. The van der Waals surface area contributed by atoms with Crippen LogP contribution in [0, 0.1) is 10.1 Å². The third kappa shape index (κ3) is 4.29. The summed E-state index contributed by atoms with van der Waals surface area (Å²) >= 11 is 0. The molecular formula is C16H20N10O3. The average Bonchev–Trinajstić information content (AvgIpc) is 3.44. The standard InChI is InChI=1S/C16H20N10O3/c1-21-9-13(8-18-21)10-22-4-6-23(7-5-22)15(27)14-2-3-24(19-14)12-25-11-17-16(20-25)26(28)29/h2-3,8-9,11H,4-7,10,12H2,1H3. The van der Waals surface area contributed by atoms with Gasteiger partial charge in [-0.05, 0) is 11.0 Å². The Morgan fingerprint density at radius 3 is 2.66 bits per heavy atom. The Bertz CT molecular complexity index is 1010. The van der Waals surface area contributed by atoms with Crippen LogP contribution in [0.15, 0.2) is 31.0 Å². The summed E-state index contributed by atoms with van der Waals surface area (Å²) in [4.78, 5) is 30.4. The SMILES string of the molecule is Cn1cc(CN2CCN(C(=O)c3ccn(Cn4cnc([N+](=O)[O-])n4)n3)CC2)cn1. The number of nitro groups is 1. The van der Waals surface area contributed by atoms with Gasteiger partial charge >= 0.3 is 5.95 Å². The summed E-state index contributed by atoms with van der Waals surface area (Å²) in [5, 5.41) is 22.8. The van der Waals surface area contributed by atoms with Crippen LogP contribution in [0.5, 0.6) is 0 Å². The number of amides is 1. The fraction of sp³-hybridized carbons (Fsp3) is 0.438. The van der Waals surface area contributed by atoms with E-state index in [-0.39, 0.29) is 12.6 Å². The maximum Gasteiger partial charge on any atom is 0.491 e. The minimum absolute atomic E-state index is 0.130. The first-order chi connectivity index (χ1) is 14.0. The van der Waals surface area contributed by atoms with Gasteiger partial charge in [0, 0.05) is 62.8 Å². The Labute approximate surface area is 165 Å². The summed E-state index contributed by atoms with van der Waals surface area (Å²) in [5.41, 5.74) is 1.49. The first-order valence-electron chi connectivity index (χ1n) is 9.04. The molecule has 0 bridgehead atoms. The summed E-state index contributed by atoms with van der Waals surface area (Å²) in [7, 11) is 1.89. The maximum absolute atomic E-state index is 12.7.